The molecule has 0 atom stereocenters. The minimum atomic E-state index is -0.337. The Balaban J connectivity index is 1.76. The highest BCUT2D eigenvalue weighted by molar-refractivity contribution is 6.31. The molecule has 0 spiro atoms. The molecular weight excluding hydrogens is 302 g/mol. The number of likely N-dealkylation sites (tertiary alicyclic amines) is 1. The Morgan fingerprint density at radius 1 is 1.36 bits per heavy atom. The normalized spacial score (nSPS) is 14.1. The number of benzene rings is 1. The van der Waals surface area contributed by atoms with Crippen LogP contribution in [0.25, 0.3) is 0 Å². The molecule has 2 amide bonds. The molecular formula is C16H20ClN3O2. The number of halogens is 1. The van der Waals surface area contributed by atoms with Gasteiger partial charge < -0.3 is 15.4 Å². The lowest BCUT2D eigenvalue weighted by Gasteiger charge is -2.10. The predicted molar refractivity (Wildman–Crippen MR) is 88.5 cm³/mol. The lowest BCUT2D eigenvalue weighted by molar-refractivity contribution is 0.253. The predicted octanol–water partition coefficient (Wildman–Crippen LogP) is 2.57. The van der Waals surface area contributed by atoms with Crippen molar-refractivity contribution >= 4 is 23.3 Å². The average molecular weight is 322 g/mol. The summed E-state index contributed by atoms with van der Waals surface area (Å²) in [6, 6.07) is 4.70. The number of amides is 2. The number of carbonyl (C=O) groups is 1. The van der Waals surface area contributed by atoms with Crippen LogP contribution < -0.4 is 15.4 Å². The van der Waals surface area contributed by atoms with E-state index in [2.05, 4.69) is 27.4 Å². The van der Waals surface area contributed by atoms with E-state index in [1.54, 1.807) is 18.2 Å². The molecule has 0 aliphatic carbocycles. The lowest BCUT2D eigenvalue weighted by Crippen LogP contribution is -2.29. The van der Waals surface area contributed by atoms with Crippen molar-refractivity contribution in [3.05, 3.63) is 23.2 Å². The van der Waals surface area contributed by atoms with E-state index in [-0.39, 0.29) is 6.03 Å². The molecule has 2 N–H and O–H groups in total. The third kappa shape index (κ3) is 5.14. The van der Waals surface area contributed by atoms with Gasteiger partial charge in [-0.2, -0.15) is 0 Å². The van der Waals surface area contributed by atoms with Gasteiger partial charge in [0.25, 0.3) is 0 Å². The van der Waals surface area contributed by atoms with E-state index in [9.17, 15) is 4.79 Å². The van der Waals surface area contributed by atoms with Crippen molar-refractivity contribution in [3.63, 3.8) is 0 Å². The van der Waals surface area contributed by atoms with Crippen LogP contribution in [-0.2, 0) is 0 Å². The van der Waals surface area contributed by atoms with Crippen LogP contribution in [0.3, 0.4) is 0 Å². The van der Waals surface area contributed by atoms with E-state index in [1.807, 2.05) is 0 Å². The van der Waals surface area contributed by atoms with E-state index in [4.69, 9.17) is 16.3 Å². The van der Waals surface area contributed by atoms with Crippen molar-refractivity contribution in [2.24, 2.45) is 0 Å². The fourth-order valence-electron chi connectivity index (χ4n) is 2.24. The summed E-state index contributed by atoms with van der Waals surface area (Å²) in [4.78, 5) is 14.1. The van der Waals surface area contributed by atoms with Crippen LogP contribution in [0.1, 0.15) is 12.8 Å². The standard InChI is InChI=1S/C16H20ClN3O2/c1-22-15-7-6-13(17)12-14(15)19-16(21)18-8-2-3-9-20-10-4-5-11-20/h6-7,12H,4-5,8-11H2,1H3,(H2,18,19,21). The Morgan fingerprint density at radius 2 is 2.14 bits per heavy atom. The third-order valence-electron chi connectivity index (χ3n) is 3.37. The fourth-order valence-corrected chi connectivity index (χ4v) is 2.41. The first-order chi connectivity index (χ1) is 10.7. The highest BCUT2D eigenvalue weighted by Crippen LogP contribution is 2.27. The molecule has 1 aromatic carbocycles. The van der Waals surface area contributed by atoms with Crippen LogP contribution in [-0.4, -0.2) is 44.2 Å². The SMILES string of the molecule is COc1ccc(Cl)cc1NC(=O)NCC#CCN1CCCC1. The molecule has 22 heavy (non-hydrogen) atoms. The number of nitrogens with zero attached hydrogens (tertiary/aromatic N) is 1. The van der Waals surface area contributed by atoms with Gasteiger partial charge in [-0.1, -0.05) is 23.4 Å². The summed E-state index contributed by atoms with van der Waals surface area (Å²) in [5.74, 6) is 6.57. The Hall–Kier alpha value is -1.90. The molecule has 2 rings (SSSR count). The van der Waals surface area contributed by atoms with E-state index < -0.39 is 0 Å². The van der Waals surface area contributed by atoms with Gasteiger partial charge in [0.2, 0.25) is 0 Å². The smallest absolute Gasteiger partial charge is 0.320 e. The van der Waals surface area contributed by atoms with E-state index in [0.717, 1.165) is 19.6 Å². The van der Waals surface area contributed by atoms with Gasteiger partial charge in [-0.3, -0.25) is 4.90 Å². The largest absolute Gasteiger partial charge is 0.495 e. The van der Waals surface area contributed by atoms with Crippen molar-refractivity contribution in [1.82, 2.24) is 10.2 Å². The molecule has 1 aromatic rings. The number of ether oxygens (including phenoxy) is 1. The van der Waals surface area contributed by atoms with Crippen molar-refractivity contribution in [2.75, 3.05) is 38.6 Å². The molecule has 1 aliphatic rings. The first-order valence-electron chi connectivity index (χ1n) is 7.25. The van der Waals surface area contributed by atoms with Gasteiger partial charge in [-0.15, -0.1) is 0 Å². The maximum atomic E-state index is 11.8. The molecule has 118 valence electrons. The average Bonchev–Trinajstić information content (AvgIpc) is 3.00. The number of methoxy groups -OCH3 is 1. The van der Waals surface area contributed by atoms with Crippen molar-refractivity contribution < 1.29 is 9.53 Å². The zero-order valence-electron chi connectivity index (χ0n) is 12.6. The monoisotopic (exact) mass is 321 g/mol. The summed E-state index contributed by atoms with van der Waals surface area (Å²) in [6.45, 7) is 3.32. The molecule has 0 saturated carbocycles. The molecule has 1 heterocycles. The highest BCUT2D eigenvalue weighted by Gasteiger charge is 2.09. The quantitative estimate of drug-likeness (QED) is 0.838. The van der Waals surface area contributed by atoms with Crippen LogP contribution in [0.4, 0.5) is 10.5 Å². The van der Waals surface area contributed by atoms with Gasteiger partial charge in [-0.25, -0.2) is 4.79 Å². The van der Waals surface area contributed by atoms with Gasteiger partial charge in [0.1, 0.15) is 5.75 Å². The second kappa shape index (κ2) is 8.52. The Bertz CT molecular complexity index is 574. The molecule has 1 fully saturated rings. The van der Waals surface area contributed by atoms with Crippen LogP contribution in [0.15, 0.2) is 18.2 Å². The second-order valence-corrected chi connectivity index (χ2v) is 5.43. The summed E-state index contributed by atoms with van der Waals surface area (Å²) in [5.41, 5.74) is 0.525. The molecule has 5 nitrogen and oxygen atoms in total. The Kier molecular flexibility index (Phi) is 6.38. The number of rotatable bonds is 4. The Morgan fingerprint density at radius 3 is 2.86 bits per heavy atom. The summed E-state index contributed by atoms with van der Waals surface area (Å²) in [6.07, 6.45) is 2.51. The third-order valence-corrected chi connectivity index (χ3v) is 3.61. The number of urea groups is 1. The van der Waals surface area contributed by atoms with Crippen LogP contribution in [0, 0.1) is 11.8 Å². The number of anilines is 1. The first kappa shape index (κ1) is 16.5. The van der Waals surface area contributed by atoms with Gasteiger partial charge in [0.05, 0.1) is 25.9 Å². The summed E-state index contributed by atoms with van der Waals surface area (Å²) < 4.78 is 5.17. The number of nitrogens with one attached hydrogen (secondary N) is 2. The topological polar surface area (TPSA) is 53.6 Å². The molecule has 0 unspecified atom stereocenters. The molecule has 1 aliphatic heterocycles. The lowest BCUT2D eigenvalue weighted by atomic mass is 10.3. The first-order valence-corrected chi connectivity index (χ1v) is 7.63. The fraction of sp³-hybridized carbons (Fsp3) is 0.438. The summed E-state index contributed by atoms with van der Waals surface area (Å²) in [5, 5.41) is 5.91. The maximum Gasteiger partial charge on any atom is 0.320 e. The van der Waals surface area contributed by atoms with Crippen molar-refractivity contribution in [3.8, 4) is 17.6 Å². The number of carbonyl (C=O) groups excluding carboxylic acids is 1. The number of hydrogen-bond donors (Lipinski definition) is 2. The zero-order chi connectivity index (χ0) is 15.8. The molecule has 1 saturated heterocycles. The van der Waals surface area contributed by atoms with Crippen LogP contribution in [0.2, 0.25) is 5.02 Å². The second-order valence-electron chi connectivity index (χ2n) is 4.99. The van der Waals surface area contributed by atoms with Gasteiger partial charge in [0, 0.05) is 5.02 Å². The minimum absolute atomic E-state index is 0.308. The summed E-state index contributed by atoms with van der Waals surface area (Å²) in [7, 11) is 1.54. The van der Waals surface area contributed by atoms with Crippen LogP contribution >= 0.6 is 11.6 Å². The van der Waals surface area contributed by atoms with Crippen molar-refractivity contribution in [2.45, 2.75) is 12.8 Å². The van der Waals surface area contributed by atoms with Gasteiger partial charge in [0.15, 0.2) is 0 Å². The molecule has 6 heteroatoms. The molecule has 0 bridgehead atoms. The molecule has 0 radical (unpaired) electrons. The number of hydrogen-bond acceptors (Lipinski definition) is 3. The summed E-state index contributed by atoms with van der Waals surface area (Å²) >= 11 is 5.91. The van der Waals surface area contributed by atoms with E-state index >= 15 is 0 Å². The molecule has 0 aromatic heterocycles. The van der Waals surface area contributed by atoms with Gasteiger partial charge in [-0.05, 0) is 44.1 Å². The van der Waals surface area contributed by atoms with E-state index in [1.165, 1.54) is 20.0 Å². The highest BCUT2D eigenvalue weighted by atomic mass is 35.5. The maximum absolute atomic E-state index is 11.8. The van der Waals surface area contributed by atoms with Crippen molar-refractivity contribution in [1.29, 1.82) is 0 Å². The Labute approximate surface area is 136 Å². The van der Waals surface area contributed by atoms with Crippen LogP contribution in [0.5, 0.6) is 5.75 Å². The van der Waals surface area contributed by atoms with E-state index in [0.29, 0.717) is 23.0 Å². The minimum Gasteiger partial charge on any atom is -0.495 e. The zero-order valence-corrected chi connectivity index (χ0v) is 13.4. The van der Waals surface area contributed by atoms with Gasteiger partial charge >= 0.3 is 6.03 Å².